The second kappa shape index (κ2) is 23.0. The van der Waals surface area contributed by atoms with Crippen LogP contribution in [0.1, 0.15) is 66.6 Å². The van der Waals surface area contributed by atoms with Crippen molar-refractivity contribution in [1.82, 2.24) is 0 Å². The molecule has 0 saturated carbocycles. The SMILES string of the molecule is C=C(C)C1=CC[Si](C)(C)OC1.C=C(C)C1=CC[Si](C)(C)OC1.CC(C)Oc1ccccc1[CH]=[Ru]([Cl])[Cl].Cc1cc(C)c(N2[CH-]N(c3c(C)cc(C)cc3C)CC2)c(C)c1. The zero-order valence-corrected chi connectivity index (χ0v) is 43.6. The first-order valence-corrected chi connectivity index (χ1v) is 32.3. The van der Waals surface area contributed by atoms with Crippen molar-refractivity contribution in [2.24, 2.45) is 0 Å². The number of nitrogens with zero attached hydrogens (tertiary/aromatic N) is 2. The van der Waals surface area contributed by atoms with Crippen molar-refractivity contribution in [2.75, 3.05) is 36.1 Å². The summed E-state index contributed by atoms with van der Waals surface area (Å²) in [6.07, 6.45) is 4.74. The zero-order valence-electron chi connectivity index (χ0n) is 38.4. The molecule has 0 spiro atoms. The van der Waals surface area contributed by atoms with Gasteiger partial charge in [0.25, 0.3) is 0 Å². The quantitative estimate of drug-likeness (QED) is 0.174. The van der Waals surface area contributed by atoms with Gasteiger partial charge in [-0.3, -0.25) is 0 Å². The third-order valence-electron chi connectivity index (χ3n) is 10.2. The Morgan fingerprint density at radius 1 is 0.729 bits per heavy atom. The number of anilines is 2. The van der Waals surface area contributed by atoms with Crippen molar-refractivity contribution in [2.45, 2.75) is 114 Å². The molecule has 3 aliphatic rings. The fraction of sp³-hybridized carbons (Fsp3) is 0.429. The molecule has 59 heavy (non-hydrogen) atoms. The molecule has 0 radical (unpaired) electrons. The molecule has 0 N–H and O–H groups in total. The number of ether oxygens (including phenoxy) is 1. The summed E-state index contributed by atoms with van der Waals surface area (Å²) >= 11 is -1.77. The number of aryl methyl sites for hydroxylation is 6. The van der Waals surface area contributed by atoms with Crippen LogP contribution < -0.4 is 14.5 Å². The summed E-state index contributed by atoms with van der Waals surface area (Å²) in [6.45, 7) is 44.0. The van der Waals surface area contributed by atoms with Gasteiger partial charge in [-0.15, -0.1) is 0 Å². The first-order chi connectivity index (χ1) is 27.5. The Labute approximate surface area is 373 Å². The summed E-state index contributed by atoms with van der Waals surface area (Å²) in [7, 11) is 9.05. The number of hydrogen-bond acceptors (Lipinski definition) is 5. The van der Waals surface area contributed by atoms with Crippen LogP contribution in [-0.4, -0.2) is 53.7 Å². The molecule has 5 nitrogen and oxygen atoms in total. The normalized spacial score (nSPS) is 16.9. The zero-order chi connectivity index (χ0) is 44.2. The molecule has 326 valence electrons. The number of rotatable bonds is 7. The van der Waals surface area contributed by atoms with Gasteiger partial charge in [0.2, 0.25) is 0 Å². The number of benzene rings is 3. The molecule has 3 heterocycles. The van der Waals surface area contributed by atoms with E-state index < -0.39 is 30.2 Å². The summed E-state index contributed by atoms with van der Waals surface area (Å²) in [5, 5.41) is 0. The van der Waals surface area contributed by atoms with Gasteiger partial charge < -0.3 is 18.7 Å². The Kier molecular flexibility index (Phi) is 19.8. The molecule has 1 saturated heterocycles. The van der Waals surface area contributed by atoms with E-state index in [0.29, 0.717) is 0 Å². The Balaban J connectivity index is 0.000000223. The molecule has 1 fully saturated rings. The van der Waals surface area contributed by atoms with E-state index in [1.807, 2.05) is 56.6 Å². The molecule has 0 aromatic heterocycles. The average molecular weight is 964 g/mol. The van der Waals surface area contributed by atoms with E-state index in [0.717, 1.165) is 60.9 Å². The maximum Gasteiger partial charge on any atom is 0.0146 e. The van der Waals surface area contributed by atoms with Crippen LogP contribution in [0.15, 0.2) is 96.1 Å². The summed E-state index contributed by atoms with van der Waals surface area (Å²) in [5.74, 6) is 0.850. The summed E-state index contributed by atoms with van der Waals surface area (Å²) in [6, 6.07) is 19.2. The Morgan fingerprint density at radius 2 is 1.12 bits per heavy atom. The van der Waals surface area contributed by atoms with Gasteiger partial charge in [0.1, 0.15) is 0 Å². The van der Waals surface area contributed by atoms with Gasteiger partial charge in [0.15, 0.2) is 16.6 Å². The smallest absolute Gasteiger partial charge is 0.0146 e. The van der Waals surface area contributed by atoms with Gasteiger partial charge in [-0.05, 0) is 127 Å². The van der Waals surface area contributed by atoms with Crippen LogP contribution in [0.5, 0.6) is 5.75 Å². The first kappa shape index (κ1) is 50.8. The predicted molar refractivity (Wildman–Crippen MR) is 262 cm³/mol. The molecule has 6 rings (SSSR count). The van der Waals surface area contributed by atoms with Crippen LogP contribution in [-0.2, 0) is 22.4 Å². The van der Waals surface area contributed by atoms with Crippen molar-refractivity contribution in [1.29, 1.82) is 0 Å². The predicted octanol–water partition coefficient (Wildman–Crippen LogP) is 14.0. The monoisotopic (exact) mass is 963 g/mol. The van der Waals surface area contributed by atoms with E-state index >= 15 is 0 Å². The minimum absolute atomic E-state index is 0.163. The van der Waals surface area contributed by atoms with Crippen LogP contribution in [0.3, 0.4) is 0 Å². The van der Waals surface area contributed by atoms with Crippen LogP contribution >= 0.6 is 19.4 Å². The summed E-state index contributed by atoms with van der Waals surface area (Å²) in [5.41, 5.74) is 16.7. The van der Waals surface area contributed by atoms with Gasteiger partial charge in [-0.1, -0.05) is 71.8 Å². The van der Waals surface area contributed by atoms with Gasteiger partial charge in [-0.2, -0.15) is 6.67 Å². The van der Waals surface area contributed by atoms with Crippen molar-refractivity contribution >= 4 is 52.0 Å². The fourth-order valence-electron chi connectivity index (χ4n) is 7.21. The Morgan fingerprint density at radius 3 is 1.44 bits per heavy atom. The molecule has 0 bridgehead atoms. The third kappa shape index (κ3) is 16.7. The minimum Gasteiger partial charge on any atom is -0.502 e. The molecule has 3 aromatic carbocycles. The molecule has 3 aliphatic heterocycles. The van der Waals surface area contributed by atoms with E-state index in [1.165, 1.54) is 55.9 Å². The number of halogens is 2. The fourth-order valence-corrected chi connectivity index (χ4v) is 11.8. The Bertz CT molecular complexity index is 1880. The maximum absolute atomic E-state index is 5.82. The molecular weight excluding hydrogens is 893 g/mol. The number of hydrogen-bond donors (Lipinski definition) is 0. The van der Waals surface area contributed by atoms with E-state index in [2.05, 4.69) is 134 Å². The number of allylic oxidation sites excluding steroid dienone is 2. The largest absolute Gasteiger partial charge is 0.502 e. The third-order valence-corrected chi connectivity index (χ3v) is 16.2. The van der Waals surface area contributed by atoms with Crippen molar-refractivity contribution in [3.8, 4) is 5.75 Å². The van der Waals surface area contributed by atoms with Crippen molar-refractivity contribution < 1.29 is 27.1 Å². The van der Waals surface area contributed by atoms with Gasteiger partial charge in [0.05, 0.1) is 13.2 Å². The van der Waals surface area contributed by atoms with E-state index in [4.69, 9.17) is 33.0 Å². The van der Waals surface area contributed by atoms with Crippen molar-refractivity contribution in [3.05, 3.63) is 142 Å². The van der Waals surface area contributed by atoms with Crippen molar-refractivity contribution in [3.63, 3.8) is 0 Å². The first-order valence-electron chi connectivity index (χ1n) is 20.6. The average Bonchev–Trinajstić information content (AvgIpc) is 3.57. The molecule has 0 atom stereocenters. The van der Waals surface area contributed by atoms with Crippen LogP contribution in [0.25, 0.3) is 0 Å². The van der Waals surface area contributed by atoms with E-state index in [1.54, 1.807) is 0 Å². The van der Waals surface area contributed by atoms with E-state index in [9.17, 15) is 0 Å². The molecule has 0 aliphatic carbocycles. The minimum atomic E-state index is -1.77. The summed E-state index contributed by atoms with van der Waals surface area (Å²) in [4.78, 5) is 4.81. The second-order valence-electron chi connectivity index (χ2n) is 17.5. The number of para-hydroxylation sites is 1. The van der Waals surface area contributed by atoms with Crippen LogP contribution in [0.4, 0.5) is 11.4 Å². The molecular formula is C49H71Cl2N2O3RuSi2-. The standard InChI is InChI=1S/C21H27N2.C10H12O.2C9H16OSi.2ClH.Ru/c1-14-9-16(3)20(17(4)10-14)22-7-8-23(13-22)21-18(5)11-15(2)12-19(21)6;1-8(2)11-10-7-5-4-6-9(10)3;2*1-8(2)9-5-6-11(3,4)10-7-9;;;/h9-13H,7-8H2,1-6H3;3-8H,1-2H3;2*5H,1,6-7H2,2-4H3;2*1H;/q-1;;;;;;+2/p-2. The topological polar surface area (TPSA) is 34.2 Å². The van der Waals surface area contributed by atoms with Crippen LogP contribution in [0, 0.1) is 48.2 Å². The molecule has 10 heteroatoms. The maximum atomic E-state index is 5.82. The van der Waals surface area contributed by atoms with Gasteiger partial charge in [-0.25, -0.2) is 0 Å². The van der Waals surface area contributed by atoms with Gasteiger partial charge >= 0.3 is 97.8 Å². The van der Waals surface area contributed by atoms with Crippen LogP contribution in [0.2, 0.25) is 38.3 Å². The molecule has 0 amide bonds. The molecule has 3 aromatic rings. The van der Waals surface area contributed by atoms with E-state index in [-0.39, 0.29) is 6.10 Å². The molecule has 0 unspecified atom stereocenters. The second-order valence-corrected chi connectivity index (χ2v) is 31.7. The van der Waals surface area contributed by atoms with Gasteiger partial charge in [0, 0.05) is 24.5 Å². The summed E-state index contributed by atoms with van der Waals surface area (Å²) < 4.78 is 19.0. The Hall–Kier alpha value is -2.55.